The van der Waals surface area contributed by atoms with E-state index in [4.69, 9.17) is 9.94 Å². The molecule has 0 bridgehead atoms. The standard InChI is InChI=1S/C24H25N3O4/c28-23(20-5-1-2-6-21(20)24(29)27-30)26-18-9-7-16(8-10-18)15-31-19-11-12-22-17(14-19)4-3-13-25-22/h3-4,7-14,20-21,30H,1-2,5-6,15H2,(H,26,28)(H,27,29)/t20-,21-/m1/s1. The van der Waals surface area contributed by atoms with E-state index in [0.29, 0.717) is 25.1 Å². The third-order valence-corrected chi connectivity index (χ3v) is 5.75. The molecule has 1 fully saturated rings. The molecule has 0 saturated heterocycles. The molecule has 7 heteroatoms. The molecule has 2 amide bonds. The maximum atomic E-state index is 12.7. The first kappa shape index (κ1) is 20.8. The Morgan fingerprint density at radius 2 is 1.74 bits per heavy atom. The van der Waals surface area contributed by atoms with Gasteiger partial charge in [0, 0.05) is 23.2 Å². The zero-order valence-corrected chi connectivity index (χ0v) is 17.1. The van der Waals surface area contributed by atoms with Crippen LogP contribution in [0.5, 0.6) is 5.75 Å². The maximum absolute atomic E-state index is 12.7. The van der Waals surface area contributed by atoms with Gasteiger partial charge in [-0.25, -0.2) is 5.48 Å². The summed E-state index contributed by atoms with van der Waals surface area (Å²) >= 11 is 0. The average molecular weight is 419 g/mol. The highest BCUT2D eigenvalue weighted by molar-refractivity contribution is 5.96. The van der Waals surface area contributed by atoms with Crippen molar-refractivity contribution in [1.82, 2.24) is 10.5 Å². The van der Waals surface area contributed by atoms with Crippen molar-refractivity contribution in [2.45, 2.75) is 32.3 Å². The van der Waals surface area contributed by atoms with Crippen LogP contribution in [-0.4, -0.2) is 22.0 Å². The number of hydrogen-bond donors (Lipinski definition) is 3. The van der Waals surface area contributed by atoms with Crippen LogP contribution in [0.4, 0.5) is 5.69 Å². The summed E-state index contributed by atoms with van der Waals surface area (Å²) in [5, 5.41) is 12.9. The van der Waals surface area contributed by atoms with Crippen LogP contribution in [0, 0.1) is 11.8 Å². The normalized spacial score (nSPS) is 18.4. The number of anilines is 1. The first-order valence-corrected chi connectivity index (χ1v) is 10.5. The quantitative estimate of drug-likeness (QED) is 0.413. The van der Waals surface area contributed by atoms with E-state index in [1.165, 1.54) is 0 Å². The van der Waals surface area contributed by atoms with E-state index < -0.39 is 17.7 Å². The molecule has 1 saturated carbocycles. The largest absolute Gasteiger partial charge is 0.489 e. The molecule has 1 aliphatic rings. The van der Waals surface area contributed by atoms with E-state index in [-0.39, 0.29) is 5.91 Å². The zero-order chi connectivity index (χ0) is 21.6. The molecule has 160 valence electrons. The minimum absolute atomic E-state index is 0.193. The van der Waals surface area contributed by atoms with Gasteiger partial charge in [-0.1, -0.05) is 31.0 Å². The summed E-state index contributed by atoms with van der Waals surface area (Å²) in [5.41, 5.74) is 4.25. The van der Waals surface area contributed by atoms with Crippen molar-refractivity contribution < 1.29 is 19.5 Å². The molecule has 31 heavy (non-hydrogen) atoms. The number of ether oxygens (including phenoxy) is 1. The van der Waals surface area contributed by atoms with Crippen LogP contribution >= 0.6 is 0 Å². The summed E-state index contributed by atoms with van der Waals surface area (Å²) in [7, 11) is 0. The van der Waals surface area contributed by atoms with E-state index in [1.807, 2.05) is 54.6 Å². The third kappa shape index (κ3) is 5.00. The lowest BCUT2D eigenvalue weighted by molar-refractivity contribution is -0.140. The lowest BCUT2D eigenvalue weighted by Crippen LogP contribution is -2.40. The Bertz CT molecular complexity index is 1070. The van der Waals surface area contributed by atoms with E-state index in [9.17, 15) is 9.59 Å². The van der Waals surface area contributed by atoms with Crippen molar-refractivity contribution in [2.75, 3.05) is 5.32 Å². The summed E-state index contributed by atoms with van der Waals surface area (Å²) < 4.78 is 5.89. The number of rotatable bonds is 6. The summed E-state index contributed by atoms with van der Waals surface area (Å²) in [6, 6.07) is 17.1. The Labute approximate surface area is 180 Å². The number of amides is 2. The summed E-state index contributed by atoms with van der Waals surface area (Å²) in [5.74, 6) is -0.850. The maximum Gasteiger partial charge on any atom is 0.247 e. The molecular formula is C24H25N3O4. The molecule has 0 aliphatic heterocycles. The Hall–Kier alpha value is -3.45. The fraction of sp³-hybridized carbons (Fsp3) is 0.292. The third-order valence-electron chi connectivity index (χ3n) is 5.75. The number of aromatic nitrogens is 1. The van der Waals surface area contributed by atoms with E-state index >= 15 is 0 Å². The molecule has 2 atom stereocenters. The monoisotopic (exact) mass is 419 g/mol. The average Bonchev–Trinajstić information content (AvgIpc) is 2.83. The topological polar surface area (TPSA) is 101 Å². The highest BCUT2D eigenvalue weighted by atomic mass is 16.5. The van der Waals surface area contributed by atoms with Gasteiger partial charge in [0.05, 0.1) is 11.4 Å². The number of nitrogens with zero attached hydrogens (tertiary/aromatic N) is 1. The van der Waals surface area contributed by atoms with Gasteiger partial charge in [0.2, 0.25) is 11.8 Å². The number of carbonyl (C=O) groups excluding carboxylic acids is 2. The van der Waals surface area contributed by atoms with Gasteiger partial charge in [0.25, 0.3) is 0 Å². The van der Waals surface area contributed by atoms with Crippen LogP contribution in [0.25, 0.3) is 10.9 Å². The summed E-state index contributed by atoms with van der Waals surface area (Å²) in [6.45, 7) is 0.404. The summed E-state index contributed by atoms with van der Waals surface area (Å²) in [4.78, 5) is 28.9. The molecule has 3 N–H and O–H groups in total. The molecule has 0 radical (unpaired) electrons. The van der Waals surface area contributed by atoms with Gasteiger partial charge in [-0.05, 0) is 54.8 Å². The Morgan fingerprint density at radius 1 is 1.00 bits per heavy atom. The van der Waals surface area contributed by atoms with Crippen LogP contribution < -0.4 is 15.5 Å². The lowest BCUT2D eigenvalue weighted by atomic mass is 9.78. The van der Waals surface area contributed by atoms with E-state index in [1.54, 1.807) is 11.7 Å². The SMILES string of the molecule is O=C(NO)[C@@H]1CCCC[C@H]1C(=O)Nc1ccc(COc2ccc3ncccc3c2)cc1. The second-order valence-electron chi connectivity index (χ2n) is 7.81. The van der Waals surface area contributed by atoms with Gasteiger partial charge in [0.1, 0.15) is 12.4 Å². The number of carbonyl (C=O) groups is 2. The number of hydroxylamine groups is 1. The minimum Gasteiger partial charge on any atom is -0.489 e. The first-order chi connectivity index (χ1) is 15.1. The lowest BCUT2D eigenvalue weighted by Gasteiger charge is -2.28. The van der Waals surface area contributed by atoms with Gasteiger partial charge in [-0.2, -0.15) is 0 Å². The molecule has 7 nitrogen and oxygen atoms in total. The number of fused-ring (bicyclic) bond motifs is 1. The number of nitrogens with one attached hydrogen (secondary N) is 2. The van der Waals surface area contributed by atoms with Crippen molar-refractivity contribution in [2.24, 2.45) is 11.8 Å². The van der Waals surface area contributed by atoms with Crippen LogP contribution in [0.15, 0.2) is 60.8 Å². The van der Waals surface area contributed by atoms with Crippen LogP contribution in [-0.2, 0) is 16.2 Å². The van der Waals surface area contributed by atoms with Crippen molar-refractivity contribution >= 4 is 28.4 Å². The fourth-order valence-corrected chi connectivity index (χ4v) is 4.07. The molecular weight excluding hydrogens is 394 g/mol. The van der Waals surface area contributed by atoms with Crippen LogP contribution in [0.2, 0.25) is 0 Å². The smallest absolute Gasteiger partial charge is 0.247 e. The second-order valence-corrected chi connectivity index (χ2v) is 7.81. The van der Waals surface area contributed by atoms with E-state index in [0.717, 1.165) is 35.1 Å². The van der Waals surface area contributed by atoms with Gasteiger partial charge in [-0.15, -0.1) is 0 Å². The van der Waals surface area contributed by atoms with Crippen molar-refractivity contribution in [3.05, 3.63) is 66.4 Å². The Morgan fingerprint density at radius 3 is 2.48 bits per heavy atom. The minimum atomic E-state index is -0.497. The van der Waals surface area contributed by atoms with Gasteiger partial charge in [0.15, 0.2) is 0 Å². The predicted molar refractivity (Wildman–Crippen MR) is 117 cm³/mol. The predicted octanol–water partition coefficient (Wildman–Crippen LogP) is 4.06. The van der Waals surface area contributed by atoms with Gasteiger partial charge >= 0.3 is 0 Å². The highest BCUT2D eigenvalue weighted by Crippen LogP contribution is 2.31. The van der Waals surface area contributed by atoms with Gasteiger partial charge in [-0.3, -0.25) is 19.8 Å². The second kappa shape index (κ2) is 9.57. The molecule has 3 aromatic rings. The van der Waals surface area contributed by atoms with Crippen molar-refractivity contribution in [3.63, 3.8) is 0 Å². The number of hydrogen-bond acceptors (Lipinski definition) is 5. The van der Waals surface area contributed by atoms with Gasteiger partial charge < -0.3 is 10.1 Å². The Balaban J connectivity index is 1.35. The summed E-state index contributed by atoms with van der Waals surface area (Å²) in [6.07, 6.45) is 4.78. The van der Waals surface area contributed by atoms with Crippen LogP contribution in [0.3, 0.4) is 0 Å². The number of benzene rings is 2. The molecule has 1 heterocycles. The molecule has 1 aliphatic carbocycles. The molecule has 4 rings (SSSR count). The van der Waals surface area contributed by atoms with Crippen molar-refractivity contribution in [3.8, 4) is 5.75 Å². The molecule has 0 spiro atoms. The fourth-order valence-electron chi connectivity index (χ4n) is 4.07. The van der Waals surface area contributed by atoms with E-state index in [2.05, 4.69) is 10.3 Å². The van der Waals surface area contributed by atoms with Crippen molar-refractivity contribution in [1.29, 1.82) is 0 Å². The Kier molecular flexibility index (Phi) is 6.43. The molecule has 1 aromatic heterocycles. The number of pyridine rings is 1. The molecule has 2 aromatic carbocycles. The highest BCUT2D eigenvalue weighted by Gasteiger charge is 2.35. The molecule has 0 unspecified atom stereocenters. The zero-order valence-electron chi connectivity index (χ0n) is 17.1. The van der Waals surface area contributed by atoms with Crippen LogP contribution in [0.1, 0.15) is 31.2 Å². The first-order valence-electron chi connectivity index (χ1n) is 10.5.